The Morgan fingerprint density at radius 3 is 2.62 bits per heavy atom. The number of hydrogen-bond donors (Lipinski definition) is 1. The molecule has 1 atom stereocenters. The van der Waals surface area contributed by atoms with Crippen LogP contribution in [0.2, 0.25) is 0 Å². The maximum Gasteiger partial charge on any atom is 0.226 e. The van der Waals surface area contributed by atoms with Crippen molar-refractivity contribution in [1.29, 1.82) is 0 Å². The molecule has 2 heterocycles. The van der Waals surface area contributed by atoms with Crippen LogP contribution in [0.4, 0.5) is 11.4 Å². The van der Waals surface area contributed by atoms with Crippen LogP contribution in [0.15, 0.2) is 42.7 Å². The van der Waals surface area contributed by atoms with E-state index >= 15 is 0 Å². The summed E-state index contributed by atoms with van der Waals surface area (Å²) in [5, 5.41) is 7.15. The normalized spacial score (nSPS) is 16.8. The minimum atomic E-state index is 0.0116. The lowest BCUT2D eigenvalue weighted by Gasteiger charge is -2.32. The number of nitrogens with zero attached hydrogens (tertiary/aromatic N) is 3. The number of carbonyl (C=O) groups excluding carboxylic acids is 1. The van der Waals surface area contributed by atoms with E-state index in [9.17, 15) is 4.79 Å². The van der Waals surface area contributed by atoms with Crippen LogP contribution in [0.25, 0.3) is 0 Å². The SMILES string of the molecule is CC1CCN(c2ccc(NC(=O)C[C@H](C)n3cccn3)cc2)CC1. The third-order valence-corrected chi connectivity index (χ3v) is 4.76. The minimum absolute atomic E-state index is 0.0116. The summed E-state index contributed by atoms with van der Waals surface area (Å²) >= 11 is 0. The third kappa shape index (κ3) is 4.16. The predicted octanol–water partition coefficient (Wildman–Crippen LogP) is 3.71. The highest BCUT2D eigenvalue weighted by molar-refractivity contribution is 5.91. The Balaban J connectivity index is 1.53. The van der Waals surface area contributed by atoms with Gasteiger partial charge in [0.25, 0.3) is 0 Å². The highest BCUT2D eigenvalue weighted by atomic mass is 16.1. The lowest BCUT2D eigenvalue weighted by Crippen LogP contribution is -2.32. The first-order valence-electron chi connectivity index (χ1n) is 8.76. The molecule has 1 aromatic heterocycles. The predicted molar refractivity (Wildman–Crippen MR) is 97.2 cm³/mol. The summed E-state index contributed by atoms with van der Waals surface area (Å²) in [6.07, 6.45) is 6.53. The molecular weight excluding hydrogens is 300 g/mol. The third-order valence-electron chi connectivity index (χ3n) is 4.76. The van der Waals surface area contributed by atoms with Crippen LogP contribution in [0.3, 0.4) is 0 Å². The Bertz CT molecular complexity index is 643. The van der Waals surface area contributed by atoms with Gasteiger partial charge in [-0.1, -0.05) is 6.92 Å². The number of rotatable bonds is 5. The maximum atomic E-state index is 12.2. The Kier molecular flexibility index (Phi) is 5.18. The molecule has 1 aromatic carbocycles. The van der Waals surface area contributed by atoms with Crippen molar-refractivity contribution in [3.8, 4) is 0 Å². The zero-order chi connectivity index (χ0) is 16.9. The molecular formula is C19H26N4O. The van der Waals surface area contributed by atoms with Gasteiger partial charge in [-0.15, -0.1) is 0 Å². The van der Waals surface area contributed by atoms with E-state index in [0.29, 0.717) is 6.42 Å². The van der Waals surface area contributed by atoms with Crippen molar-refractivity contribution in [3.63, 3.8) is 0 Å². The molecule has 0 spiro atoms. The van der Waals surface area contributed by atoms with E-state index in [1.165, 1.54) is 18.5 Å². The van der Waals surface area contributed by atoms with Crippen molar-refractivity contribution in [1.82, 2.24) is 9.78 Å². The van der Waals surface area contributed by atoms with Crippen LogP contribution >= 0.6 is 0 Å². The van der Waals surface area contributed by atoms with Crippen LogP contribution in [-0.2, 0) is 4.79 Å². The van der Waals surface area contributed by atoms with Crippen molar-refractivity contribution >= 4 is 17.3 Å². The Hall–Kier alpha value is -2.30. The monoisotopic (exact) mass is 326 g/mol. The molecule has 1 aliphatic rings. The van der Waals surface area contributed by atoms with Crippen LogP contribution in [0, 0.1) is 5.92 Å². The largest absolute Gasteiger partial charge is 0.372 e. The second kappa shape index (κ2) is 7.51. The first kappa shape index (κ1) is 16.6. The first-order chi connectivity index (χ1) is 11.6. The molecule has 0 unspecified atom stereocenters. The average molecular weight is 326 g/mol. The number of anilines is 2. The van der Waals surface area contributed by atoms with E-state index in [1.807, 2.05) is 31.3 Å². The molecule has 0 bridgehead atoms. The van der Waals surface area contributed by atoms with E-state index in [4.69, 9.17) is 0 Å². The molecule has 128 valence electrons. The Morgan fingerprint density at radius 1 is 1.29 bits per heavy atom. The molecule has 2 aromatic rings. The van der Waals surface area contributed by atoms with Crippen LogP contribution in [0.5, 0.6) is 0 Å². The van der Waals surface area contributed by atoms with Gasteiger partial charge >= 0.3 is 0 Å². The van der Waals surface area contributed by atoms with Gasteiger partial charge in [-0.3, -0.25) is 9.48 Å². The number of carbonyl (C=O) groups is 1. The lowest BCUT2D eigenvalue weighted by atomic mass is 9.99. The smallest absolute Gasteiger partial charge is 0.226 e. The molecule has 3 rings (SSSR count). The molecule has 1 saturated heterocycles. The van der Waals surface area contributed by atoms with E-state index < -0.39 is 0 Å². The van der Waals surface area contributed by atoms with Gasteiger partial charge in [0.05, 0.1) is 6.04 Å². The van der Waals surface area contributed by atoms with Gasteiger partial charge in [-0.2, -0.15) is 5.10 Å². The zero-order valence-electron chi connectivity index (χ0n) is 14.5. The number of nitrogens with one attached hydrogen (secondary N) is 1. The molecule has 0 radical (unpaired) electrons. The topological polar surface area (TPSA) is 50.2 Å². The van der Waals surface area contributed by atoms with Gasteiger partial charge in [-0.05, 0) is 56.0 Å². The number of benzene rings is 1. The van der Waals surface area contributed by atoms with Crippen LogP contribution < -0.4 is 10.2 Å². The highest BCUT2D eigenvalue weighted by Crippen LogP contribution is 2.24. The highest BCUT2D eigenvalue weighted by Gasteiger charge is 2.16. The molecule has 0 saturated carbocycles. The molecule has 5 nitrogen and oxygen atoms in total. The Morgan fingerprint density at radius 2 is 2.00 bits per heavy atom. The van der Waals surface area contributed by atoms with Gasteiger partial charge in [0.2, 0.25) is 5.91 Å². The summed E-state index contributed by atoms with van der Waals surface area (Å²) in [6, 6.07) is 10.1. The molecule has 1 amide bonds. The summed E-state index contributed by atoms with van der Waals surface area (Å²) in [5.74, 6) is 0.842. The fourth-order valence-corrected chi connectivity index (χ4v) is 3.14. The standard InChI is InChI=1S/C19H26N4O/c1-15-8-12-22(13-9-15)18-6-4-17(5-7-18)21-19(24)14-16(2)23-11-3-10-20-23/h3-7,10-11,15-16H,8-9,12-14H2,1-2H3,(H,21,24)/t16-/m0/s1. The average Bonchev–Trinajstić information content (AvgIpc) is 3.11. The molecule has 24 heavy (non-hydrogen) atoms. The number of hydrogen-bond acceptors (Lipinski definition) is 3. The molecule has 1 N–H and O–H groups in total. The van der Waals surface area contributed by atoms with E-state index in [0.717, 1.165) is 24.7 Å². The maximum absolute atomic E-state index is 12.2. The van der Waals surface area contributed by atoms with E-state index in [2.05, 4.69) is 34.4 Å². The van der Waals surface area contributed by atoms with Crippen molar-refractivity contribution in [3.05, 3.63) is 42.7 Å². The van der Waals surface area contributed by atoms with Crippen molar-refractivity contribution < 1.29 is 4.79 Å². The summed E-state index contributed by atoms with van der Waals surface area (Å²) in [5.41, 5.74) is 2.09. The first-order valence-corrected chi connectivity index (χ1v) is 8.76. The number of amides is 1. The second-order valence-corrected chi connectivity index (χ2v) is 6.80. The fraction of sp³-hybridized carbons (Fsp3) is 0.474. The molecule has 5 heteroatoms. The van der Waals surface area contributed by atoms with Crippen molar-refractivity contribution in [2.24, 2.45) is 5.92 Å². The van der Waals surface area contributed by atoms with E-state index in [1.54, 1.807) is 10.9 Å². The quantitative estimate of drug-likeness (QED) is 0.911. The van der Waals surface area contributed by atoms with Gasteiger partial charge < -0.3 is 10.2 Å². The molecule has 1 fully saturated rings. The van der Waals surface area contributed by atoms with Gasteiger partial charge in [0.15, 0.2) is 0 Å². The van der Waals surface area contributed by atoms with Crippen molar-refractivity contribution in [2.45, 2.75) is 39.2 Å². The van der Waals surface area contributed by atoms with Gasteiger partial charge in [0, 0.05) is 43.3 Å². The van der Waals surface area contributed by atoms with Crippen LogP contribution in [-0.4, -0.2) is 28.8 Å². The molecule has 0 aliphatic carbocycles. The fourth-order valence-electron chi connectivity index (χ4n) is 3.14. The van der Waals surface area contributed by atoms with Gasteiger partial charge in [-0.25, -0.2) is 0 Å². The summed E-state index contributed by atoms with van der Waals surface area (Å²) in [6.45, 7) is 6.55. The lowest BCUT2D eigenvalue weighted by molar-refractivity contribution is -0.116. The van der Waals surface area contributed by atoms with E-state index in [-0.39, 0.29) is 11.9 Å². The van der Waals surface area contributed by atoms with Crippen molar-refractivity contribution in [2.75, 3.05) is 23.3 Å². The summed E-state index contributed by atoms with van der Waals surface area (Å²) in [4.78, 5) is 14.6. The molecule has 1 aliphatic heterocycles. The second-order valence-electron chi connectivity index (χ2n) is 6.80. The number of aromatic nitrogens is 2. The van der Waals surface area contributed by atoms with Gasteiger partial charge in [0.1, 0.15) is 0 Å². The Labute approximate surface area is 143 Å². The van der Waals surface area contributed by atoms with Crippen LogP contribution in [0.1, 0.15) is 39.2 Å². The minimum Gasteiger partial charge on any atom is -0.372 e. The summed E-state index contributed by atoms with van der Waals surface area (Å²) < 4.78 is 1.81. The number of piperidine rings is 1. The summed E-state index contributed by atoms with van der Waals surface area (Å²) in [7, 11) is 0. The zero-order valence-corrected chi connectivity index (χ0v) is 14.5.